The molecule has 0 bridgehead atoms. The fourth-order valence-electron chi connectivity index (χ4n) is 2.26. The zero-order chi connectivity index (χ0) is 11.6. The third kappa shape index (κ3) is 5.50. The summed E-state index contributed by atoms with van der Waals surface area (Å²) in [6, 6.07) is 0. The van der Waals surface area contributed by atoms with Crippen LogP contribution in [0, 0.1) is 5.92 Å². The smallest absolute Gasteiger partial charge is 0.223 e. The maximum Gasteiger partial charge on any atom is 0.223 e. The first kappa shape index (κ1) is 13.5. The topological polar surface area (TPSA) is 41.1 Å². The van der Waals surface area contributed by atoms with Gasteiger partial charge in [0.2, 0.25) is 5.91 Å². The summed E-state index contributed by atoms with van der Waals surface area (Å²) in [5.74, 6) is 0.564. The maximum atomic E-state index is 11.8. The fraction of sp³-hybridized carbons (Fsp3) is 0.923. The van der Waals surface area contributed by atoms with E-state index in [0.29, 0.717) is 0 Å². The number of nitrogens with one attached hydrogen (secondary N) is 2. The first-order chi connectivity index (χ1) is 7.84. The van der Waals surface area contributed by atoms with Crippen molar-refractivity contribution in [3.63, 3.8) is 0 Å². The van der Waals surface area contributed by atoms with Gasteiger partial charge in [-0.15, -0.1) is 0 Å². The molecule has 3 nitrogen and oxygen atoms in total. The standard InChI is InChI=1S/C13H26N2O/c1-2-9-14-10-11-15-13(16)12-7-5-3-4-6-8-12/h12,14H,2-11H2,1H3,(H,15,16). The highest BCUT2D eigenvalue weighted by Crippen LogP contribution is 2.22. The number of rotatable bonds is 6. The third-order valence-corrected chi connectivity index (χ3v) is 3.25. The van der Waals surface area contributed by atoms with Crippen LogP contribution >= 0.6 is 0 Å². The molecule has 0 atom stereocenters. The molecule has 3 heteroatoms. The molecule has 1 fully saturated rings. The van der Waals surface area contributed by atoms with Crippen LogP contribution in [-0.2, 0) is 4.79 Å². The molecule has 0 aliphatic heterocycles. The number of hydrogen-bond donors (Lipinski definition) is 2. The Labute approximate surface area is 99.4 Å². The van der Waals surface area contributed by atoms with Gasteiger partial charge < -0.3 is 10.6 Å². The normalized spacial score (nSPS) is 18.1. The minimum atomic E-state index is 0.278. The van der Waals surface area contributed by atoms with Crippen molar-refractivity contribution in [1.82, 2.24) is 10.6 Å². The summed E-state index contributed by atoms with van der Waals surface area (Å²) < 4.78 is 0. The Kier molecular flexibility index (Phi) is 7.23. The molecule has 0 radical (unpaired) electrons. The fourth-order valence-corrected chi connectivity index (χ4v) is 2.26. The van der Waals surface area contributed by atoms with Crippen LogP contribution in [-0.4, -0.2) is 25.5 Å². The largest absolute Gasteiger partial charge is 0.355 e. The second-order valence-electron chi connectivity index (χ2n) is 4.73. The van der Waals surface area contributed by atoms with E-state index in [1.807, 2.05) is 0 Å². The Morgan fingerprint density at radius 2 is 1.75 bits per heavy atom. The highest BCUT2D eigenvalue weighted by atomic mass is 16.1. The first-order valence-electron chi connectivity index (χ1n) is 6.83. The van der Waals surface area contributed by atoms with E-state index in [-0.39, 0.29) is 11.8 Å². The zero-order valence-corrected chi connectivity index (χ0v) is 10.6. The summed E-state index contributed by atoms with van der Waals surface area (Å²) in [5, 5.41) is 6.33. The van der Waals surface area contributed by atoms with E-state index < -0.39 is 0 Å². The van der Waals surface area contributed by atoms with Gasteiger partial charge in [0.25, 0.3) is 0 Å². The van der Waals surface area contributed by atoms with E-state index >= 15 is 0 Å². The molecule has 16 heavy (non-hydrogen) atoms. The lowest BCUT2D eigenvalue weighted by atomic mass is 9.99. The molecule has 1 rings (SSSR count). The van der Waals surface area contributed by atoms with E-state index in [4.69, 9.17) is 0 Å². The average Bonchev–Trinajstić information content (AvgIpc) is 2.57. The number of hydrogen-bond acceptors (Lipinski definition) is 2. The van der Waals surface area contributed by atoms with Gasteiger partial charge in [0.05, 0.1) is 0 Å². The minimum absolute atomic E-state index is 0.278. The molecule has 0 aromatic rings. The second kappa shape index (κ2) is 8.57. The lowest BCUT2D eigenvalue weighted by Gasteiger charge is -2.14. The van der Waals surface area contributed by atoms with Crippen LogP contribution in [0.25, 0.3) is 0 Å². The van der Waals surface area contributed by atoms with Crippen molar-refractivity contribution in [3.05, 3.63) is 0 Å². The molecule has 0 aromatic heterocycles. The van der Waals surface area contributed by atoms with Crippen LogP contribution < -0.4 is 10.6 Å². The average molecular weight is 226 g/mol. The molecular formula is C13H26N2O. The molecular weight excluding hydrogens is 200 g/mol. The Bertz CT molecular complexity index is 186. The van der Waals surface area contributed by atoms with Crippen molar-refractivity contribution in [3.8, 4) is 0 Å². The molecule has 1 amide bonds. The minimum Gasteiger partial charge on any atom is -0.355 e. The molecule has 2 N–H and O–H groups in total. The summed E-state index contributed by atoms with van der Waals surface area (Å²) in [7, 11) is 0. The van der Waals surface area contributed by atoms with Gasteiger partial charge in [-0.1, -0.05) is 32.6 Å². The predicted molar refractivity (Wildman–Crippen MR) is 67.4 cm³/mol. The van der Waals surface area contributed by atoms with Crippen molar-refractivity contribution in [2.45, 2.75) is 51.9 Å². The Morgan fingerprint density at radius 3 is 2.38 bits per heavy atom. The van der Waals surface area contributed by atoms with Crippen molar-refractivity contribution in [2.75, 3.05) is 19.6 Å². The monoisotopic (exact) mass is 226 g/mol. The molecule has 0 saturated heterocycles. The summed E-state index contributed by atoms with van der Waals surface area (Å²) in [5.41, 5.74) is 0. The van der Waals surface area contributed by atoms with Crippen molar-refractivity contribution < 1.29 is 4.79 Å². The van der Waals surface area contributed by atoms with Gasteiger partial charge in [-0.3, -0.25) is 4.79 Å². The van der Waals surface area contributed by atoms with Crippen LogP contribution in [0.3, 0.4) is 0 Å². The third-order valence-electron chi connectivity index (χ3n) is 3.25. The van der Waals surface area contributed by atoms with Gasteiger partial charge in [0.15, 0.2) is 0 Å². The van der Waals surface area contributed by atoms with Crippen molar-refractivity contribution in [1.29, 1.82) is 0 Å². The molecule has 94 valence electrons. The van der Waals surface area contributed by atoms with Gasteiger partial charge in [-0.25, -0.2) is 0 Å². The van der Waals surface area contributed by atoms with Gasteiger partial charge in [-0.05, 0) is 25.8 Å². The number of carbonyl (C=O) groups is 1. The summed E-state index contributed by atoms with van der Waals surface area (Å²) in [4.78, 5) is 11.8. The lowest BCUT2D eigenvalue weighted by molar-refractivity contribution is -0.125. The molecule has 1 aliphatic carbocycles. The van der Waals surface area contributed by atoms with E-state index in [9.17, 15) is 4.79 Å². The SMILES string of the molecule is CCCNCCNC(=O)C1CCCCCC1. The Hall–Kier alpha value is -0.570. The van der Waals surface area contributed by atoms with Crippen LogP contribution in [0.5, 0.6) is 0 Å². The number of amides is 1. The van der Waals surface area contributed by atoms with Crippen molar-refractivity contribution in [2.24, 2.45) is 5.92 Å². The molecule has 0 unspecified atom stereocenters. The first-order valence-corrected chi connectivity index (χ1v) is 6.83. The zero-order valence-electron chi connectivity index (χ0n) is 10.6. The van der Waals surface area contributed by atoms with E-state index in [1.54, 1.807) is 0 Å². The highest BCUT2D eigenvalue weighted by molar-refractivity contribution is 5.78. The Morgan fingerprint density at radius 1 is 1.06 bits per heavy atom. The lowest BCUT2D eigenvalue weighted by Crippen LogP contribution is -2.35. The van der Waals surface area contributed by atoms with Gasteiger partial charge in [0.1, 0.15) is 0 Å². The Balaban J connectivity index is 2.08. The summed E-state index contributed by atoms with van der Waals surface area (Å²) >= 11 is 0. The van der Waals surface area contributed by atoms with Crippen LogP contribution in [0.1, 0.15) is 51.9 Å². The molecule has 0 spiro atoms. The van der Waals surface area contributed by atoms with Crippen molar-refractivity contribution >= 4 is 5.91 Å². The van der Waals surface area contributed by atoms with E-state index in [0.717, 1.165) is 38.9 Å². The predicted octanol–water partition coefficient (Wildman–Crippen LogP) is 2.07. The molecule has 0 aromatic carbocycles. The van der Waals surface area contributed by atoms with E-state index in [2.05, 4.69) is 17.6 Å². The van der Waals surface area contributed by atoms with E-state index in [1.165, 1.54) is 25.7 Å². The molecule has 0 heterocycles. The quantitative estimate of drug-likeness (QED) is 0.538. The molecule has 1 saturated carbocycles. The van der Waals surface area contributed by atoms with Gasteiger partial charge in [-0.2, -0.15) is 0 Å². The highest BCUT2D eigenvalue weighted by Gasteiger charge is 2.19. The number of carbonyl (C=O) groups excluding carboxylic acids is 1. The second-order valence-corrected chi connectivity index (χ2v) is 4.73. The maximum absolute atomic E-state index is 11.8. The van der Waals surface area contributed by atoms with Gasteiger partial charge in [0, 0.05) is 19.0 Å². The van der Waals surface area contributed by atoms with Gasteiger partial charge >= 0.3 is 0 Å². The van der Waals surface area contributed by atoms with Crippen LogP contribution in [0.2, 0.25) is 0 Å². The van der Waals surface area contributed by atoms with Crippen LogP contribution in [0.4, 0.5) is 0 Å². The summed E-state index contributed by atoms with van der Waals surface area (Å²) in [6.45, 7) is 4.86. The van der Waals surface area contributed by atoms with Crippen LogP contribution in [0.15, 0.2) is 0 Å². The molecule has 1 aliphatic rings. The summed E-state index contributed by atoms with van der Waals surface area (Å²) in [6.07, 6.45) is 8.40.